The number of benzene rings is 2. The Kier molecular flexibility index (Phi) is 10.8. The van der Waals surface area contributed by atoms with Gasteiger partial charge in [0.05, 0.1) is 10.6 Å². The second-order valence-corrected chi connectivity index (χ2v) is 13.4. The number of carbonyl (C=O) groups excluding carboxylic acids is 1. The zero-order valence-electron chi connectivity index (χ0n) is 22.7. The second kappa shape index (κ2) is 13.7. The van der Waals surface area contributed by atoms with Crippen LogP contribution in [-0.4, -0.2) is 55.4 Å². The maximum Gasteiger partial charge on any atom is 0.264 e. The van der Waals surface area contributed by atoms with E-state index in [2.05, 4.69) is 10.3 Å². The summed E-state index contributed by atoms with van der Waals surface area (Å²) in [7, 11) is -8.11. The zero-order valence-corrected chi connectivity index (χ0v) is 25.1. The minimum absolute atomic E-state index is 0.0371. The molecule has 0 bridgehead atoms. The van der Waals surface area contributed by atoms with E-state index in [0.717, 1.165) is 22.3 Å². The van der Waals surface area contributed by atoms with Crippen LogP contribution < -0.4 is 5.32 Å². The monoisotopic (exact) mass is 607 g/mol. The number of sulfonamides is 1. The lowest BCUT2D eigenvalue weighted by atomic mass is 9.98. The topological polar surface area (TPSA) is 134 Å². The molecule has 1 amide bonds. The van der Waals surface area contributed by atoms with Gasteiger partial charge < -0.3 is 5.32 Å². The van der Waals surface area contributed by atoms with E-state index in [1.54, 1.807) is 31.5 Å². The summed E-state index contributed by atoms with van der Waals surface area (Å²) >= 11 is 6.26. The first kappa shape index (κ1) is 31.7. The normalized spacial score (nSPS) is 12.8. The predicted molar refractivity (Wildman–Crippen MR) is 156 cm³/mol. The zero-order chi connectivity index (χ0) is 29.5. The molecule has 1 aromatic heterocycles. The van der Waals surface area contributed by atoms with E-state index in [1.165, 1.54) is 10.4 Å². The molecule has 1 atom stereocenters. The molecule has 0 saturated carbocycles. The van der Waals surface area contributed by atoms with Crippen LogP contribution in [0.15, 0.2) is 65.8 Å². The number of carbonyl (C=O) groups is 1. The molecule has 2 aromatic carbocycles. The summed E-state index contributed by atoms with van der Waals surface area (Å²) < 4.78 is 59.9. The molecule has 12 heteroatoms. The molecule has 216 valence electrons. The Labute approximate surface area is 241 Å². The lowest BCUT2D eigenvalue weighted by molar-refractivity contribution is -0.121. The SMILES string of the molecule is Cc1cnccc1-c1cccc(C(C)N(CCCC(=O)NCCCS(=O)(=O)O)S(=O)(=O)c2cccc(Cl)c2C)c1. The minimum atomic E-state index is -4.10. The van der Waals surface area contributed by atoms with Gasteiger partial charge in [0.25, 0.3) is 10.1 Å². The third kappa shape index (κ3) is 8.34. The van der Waals surface area contributed by atoms with E-state index in [4.69, 9.17) is 16.2 Å². The van der Waals surface area contributed by atoms with Gasteiger partial charge in [0.1, 0.15) is 0 Å². The highest BCUT2D eigenvalue weighted by Gasteiger charge is 2.31. The van der Waals surface area contributed by atoms with E-state index in [1.807, 2.05) is 44.2 Å². The van der Waals surface area contributed by atoms with E-state index in [0.29, 0.717) is 10.6 Å². The summed E-state index contributed by atoms with van der Waals surface area (Å²) in [6, 6.07) is 13.8. The van der Waals surface area contributed by atoms with Gasteiger partial charge in [-0.3, -0.25) is 14.3 Å². The molecule has 1 heterocycles. The Balaban J connectivity index is 1.85. The fraction of sp³-hybridized carbons (Fsp3) is 0.357. The van der Waals surface area contributed by atoms with Crippen LogP contribution in [0, 0.1) is 13.8 Å². The lowest BCUT2D eigenvalue weighted by Gasteiger charge is -2.30. The van der Waals surface area contributed by atoms with Crippen LogP contribution in [0.25, 0.3) is 11.1 Å². The highest BCUT2D eigenvalue weighted by atomic mass is 35.5. The maximum absolute atomic E-state index is 14.0. The number of hydrogen-bond donors (Lipinski definition) is 2. The maximum atomic E-state index is 14.0. The number of amides is 1. The molecule has 3 aromatic rings. The van der Waals surface area contributed by atoms with Gasteiger partial charge in [0.15, 0.2) is 0 Å². The third-order valence-electron chi connectivity index (χ3n) is 6.62. The quantitative estimate of drug-likeness (QED) is 0.207. The number of nitrogens with zero attached hydrogens (tertiary/aromatic N) is 2. The third-order valence-corrected chi connectivity index (χ3v) is 9.95. The predicted octanol–water partition coefficient (Wildman–Crippen LogP) is 4.95. The van der Waals surface area contributed by atoms with Crippen LogP contribution in [0.1, 0.15) is 48.9 Å². The number of nitrogens with one attached hydrogen (secondary N) is 1. The molecule has 0 aliphatic heterocycles. The standard InChI is InChI=1S/C28H34ClN3O6S2/c1-20-19-30-15-13-25(20)24-9-4-8-23(18-24)22(3)32(40(37,38)27-11-5-10-26(29)21(27)2)16-6-12-28(33)31-14-7-17-39(34,35)36/h4-5,8-11,13,15,18-19,22H,6-7,12,14,16-17H2,1-3H3,(H,31,33)(H,34,35,36). The fourth-order valence-electron chi connectivity index (χ4n) is 4.41. The van der Waals surface area contributed by atoms with Gasteiger partial charge in [-0.15, -0.1) is 0 Å². The van der Waals surface area contributed by atoms with Crippen molar-refractivity contribution in [3.05, 3.63) is 82.6 Å². The van der Waals surface area contributed by atoms with Crippen LogP contribution in [0.5, 0.6) is 0 Å². The molecule has 0 aliphatic rings. The molecular weight excluding hydrogens is 574 g/mol. The van der Waals surface area contributed by atoms with Crippen molar-refractivity contribution in [2.75, 3.05) is 18.8 Å². The molecule has 9 nitrogen and oxygen atoms in total. The van der Waals surface area contributed by atoms with Crippen LogP contribution in [0.3, 0.4) is 0 Å². The molecule has 0 spiro atoms. The van der Waals surface area contributed by atoms with Crippen molar-refractivity contribution in [2.45, 2.75) is 51.0 Å². The van der Waals surface area contributed by atoms with E-state index in [-0.39, 0.29) is 43.2 Å². The van der Waals surface area contributed by atoms with E-state index >= 15 is 0 Å². The number of aromatic nitrogens is 1. The molecule has 3 rings (SSSR count). The molecule has 0 radical (unpaired) electrons. The summed E-state index contributed by atoms with van der Waals surface area (Å²) in [5.74, 6) is -0.789. The number of rotatable bonds is 13. The lowest BCUT2D eigenvalue weighted by Crippen LogP contribution is -2.36. The molecule has 1 unspecified atom stereocenters. The molecule has 0 fully saturated rings. The van der Waals surface area contributed by atoms with Crippen molar-refractivity contribution in [1.29, 1.82) is 0 Å². The number of pyridine rings is 1. The first-order chi connectivity index (χ1) is 18.8. The molecule has 40 heavy (non-hydrogen) atoms. The highest BCUT2D eigenvalue weighted by molar-refractivity contribution is 7.89. The van der Waals surface area contributed by atoms with Crippen molar-refractivity contribution in [1.82, 2.24) is 14.6 Å². The average molecular weight is 608 g/mol. The second-order valence-electron chi connectivity index (χ2n) is 9.56. The van der Waals surface area contributed by atoms with E-state index in [9.17, 15) is 21.6 Å². The fourth-order valence-corrected chi connectivity index (χ4v) is 7.06. The van der Waals surface area contributed by atoms with Gasteiger partial charge >= 0.3 is 0 Å². The van der Waals surface area contributed by atoms with Gasteiger partial charge in [-0.2, -0.15) is 12.7 Å². The van der Waals surface area contributed by atoms with Crippen molar-refractivity contribution < 1.29 is 26.2 Å². The molecule has 0 aliphatic carbocycles. The largest absolute Gasteiger partial charge is 0.356 e. The molecule has 2 N–H and O–H groups in total. The van der Waals surface area contributed by atoms with Crippen LogP contribution in [0.4, 0.5) is 0 Å². The summed E-state index contributed by atoms with van der Waals surface area (Å²) in [5.41, 5.74) is 4.15. The van der Waals surface area contributed by atoms with Gasteiger partial charge in [0.2, 0.25) is 15.9 Å². The minimum Gasteiger partial charge on any atom is -0.356 e. The Hall–Kier alpha value is -2.83. The van der Waals surface area contributed by atoms with Gasteiger partial charge in [-0.1, -0.05) is 35.9 Å². The Bertz CT molecular complexity index is 1560. The van der Waals surface area contributed by atoms with Gasteiger partial charge in [-0.05, 0) is 85.7 Å². The highest BCUT2D eigenvalue weighted by Crippen LogP contribution is 2.33. The average Bonchev–Trinajstić information content (AvgIpc) is 2.90. The first-order valence-electron chi connectivity index (χ1n) is 12.8. The van der Waals surface area contributed by atoms with Crippen LogP contribution in [-0.2, 0) is 24.9 Å². The Morgan fingerprint density at radius 3 is 2.50 bits per heavy atom. The smallest absolute Gasteiger partial charge is 0.264 e. The Morgan fingerprint density at radius 1 is 1.07 bits per heavy atom. The van der Waals surface area contributed by atoms with Crippen molar-refractivity contribution in [2.24, 2.45) is 0 Å². The first-order valence-corrected chi connectivity index (χ1v) is 16.2. The van der Waals surface area contributed by atoms with Crippen molar-refractivity contribution in [3.8, 4) is 11.1 Å². The van der Waals surface area contributed by atoms with Crippen LogP contribution in [0.2, 0.25) is 5.02 Å². The number of halogens is 1. The molecular formula is C28H34ClN3O6S2. The van der Waals surface area contributed by atoms with Crippen LogP contribution >= 0.6 is 11.6 Å². The van der Waals surface area contributed by atoms with Gasteiger partial charge in [-0.25, -0.2) is 8.42 Å². The van der Waals surface area contributed by atoms with Gasteiger partial charge in [0, 0.05) is 43.0 Å². The summed E-state index contributed by atoms with van der Waals surface area (Å²) in [6.45, 7) is 5.58. The summed E-state index contributed by atoms with van der Waals surface area (Å²) in [4.78, 5) is 16.6. The van der Waals surface area contributed by atoms with Crippen molar-refractivity contribution >= 4 is 37.6 Å². The number of aryl methyl sites for hydroxylation is 1. The summed E-state index contributed by atoms with van der Waals surface area (Å²) in [5, 5.41) is 2.94. The van der Waals surface area contributed by atoms with Crippen molar-refractivity contribution in [3.63, 3.8) is 0 Å². The number of hydrogen-bond acceptors (Lipinski definition) is 6. The Morgan fingerprint density at radius 2 is 1.80 bits per heavy atom. The summed E-state index contributed by atoms with van der Waals surface area (Å²) in [6.07, 6.45) is 3.83. The van der Waals surface area contributed by atoms with E-state index < -0.39 is 31.9 Å². The molecule has 0 saturated heterocycles.